The van der Waals surface area contributed by atoms with Gasteiger partial charge in [-0.15, -0.1) is 0 Å². The first-order valence-corrected chi connectivity index (χ1v) is 13.3. The summed E-state index contributed by atoms with van der Waals surface area (Å²) < 4.78 is 65.5. The summed E-state index contributed by atoms with van der Waals surface area (Å²) in [6.45, 7) is -1.98. The van der Waals surface area contributed by atoms with Crippen LogP contribution in [-0.4, -0.2) is 59.0 Å². The highest BCUT2D eigenvalue weighted by Gasteiger charge is 2.39. The summed E-state index contributed by atoms with van der Waals surface area (Å²) in [6.07, 6.45) is 6.01. The highest BCUT2D eigenvalue weighted by atomic mass is 32.2. The average Bonchev–Trinajstić information content (AvgIpc) is 3.51. The molecule has 37 heavy (non-hydrogen) atoms. The number of nitrogens with one attached hydrogen (secondary N) is 1. The molecule has 1 amide bonds. The van der Waals surface area contributed by atoms with E-state index in [0.29, 0.717) is 38.3 Å². The second kappa shape index (κ2) is 10.7. The summed E-state index contributed by atoms with van der Waals surface area (Å²) in [5, 5.41) is 11.1. The van der Waals surface area contributed by atoms with Gasteiger partial charge in [0.1, 0.15) is 11.8 Å². The highest BCUT2D eigenvalue weighted by molar-refractivity contribution is 7.92. The number of hydrogen-bond donors (Lipinski definition) is 1. The Morgan fingerprint density at radius 2 is 1.97 bits per heavy atom. The number of anilines is 1. The van der Waals surface area contributed by atoms with Crippen LogP contribution < -0.4 is 10.1 Å². The smallest absolute Gasteiger partial charge is 0.387 e. The second-order valence-electron chi connectivity index (χ2n) is 9.24. The molecule has 2 aromatic heterocycles. The third kappa shape index (κ3) is 5.77. The molecule has 1 N–H and O–H groups in total. The zero-order valence-corrected chi connectivity index (χ0v) is 20.5. The maximum absolute atomic E-state index is 13.5. The van der Waals surface area contributed by atoms with Gasteiger partial charge in [-0.1, -0.05) is 7.43 Å². The number of benzene rings is 1. The van der Waals surface area contributed by atoms with Crippen LogP contribution in [0.15, 0.2) is 35.5 Å². The summed E-state index contributed by atoms with van der Waals surface area (Å²) >= 11 is 0. The molecule has 1 aromatic carbocycles. The van der Waals surface area contributed by atoms with Crippen LogP contribution in [0.4, 0.5) is 14.6 Å². The van der Waals surface area contributed by atoms with Crippen molar-refractivity contribution in [1.82, 2.24) is 19.6 Å². The summed E-state index contributed by atoms with van der Waals surface area (Å²) in [5.74, 6) is -0.173. The van der Waals surface area contributed by atoms with Crippen LogP contribution in [0.2, 0.25) is 0 Å². The fraction of sp³-hybridized carbons (Fsp3) is 0.542. The van der Waals surface area contributed by atoms with Crippen molar-refractivity contribution in [3.8, 4) is 5.75 Å². The number of alkyl halides is 2. The van der Waals surface area contributed by atoms with Crippen molar-refractivity contribution in [2.75, 3.05) is 18.5 Å². The van der Waals surface area contributed by atoms with E-state index in [9.17, 15) is 22.0 Å². The molecule has 1 unspecified atom stereocenters. The lowest BCUT2D eigenvalue weighted by Gasteiger charge is -2.26. The van der Waals surface area contributed by atoms with Crippen LogP contribution in [0, 0.1) is 5.92 Å². The van der Waals surface area contributed by atoms with Crippen molar-refractivity contribution < 1.29 is 31.5 Å². The van der Waals surface area contributed by atoms with E-state index in [2.05, 4.69) is 20.3 Å². The van der Waals surface area contributed by atoms with E-state index in [1.807, 2.05) is 0 Å². The molecule has 1 saturated heterocycles. The van der Waals surface area contributed by atoms with Crippen molar-refractivity contribution in [1.29, 1.82) is 0 Å². The molecule has 2 fully saturated rings. The molecular weight excluding hydrogens is 508 g/mol. The van der Waals surface area contributed by atoms with Gasteiger partial charge in [-0.05, 0) is 44.1 Å². The average molecular weight is 540 g/mol. The molecule has 1 aliphatic carbocycles. The highest BCUT2D eigenvalue weighted by Crippen LogP contribution is 2.40. The zero-order chi connectivity index (χ0) is 25.4. The van der Waals surface area contributed by atoms with Gasteiger partial charge in [0, 0.05) is 44.0 Å². The maximum Gasteiger partial charge on any atom is 0.387 e. The lowest BCUT2D eigenvalue weighted by molar-refractivity contribution is -0.120. The minimum atomic E-state index is -3.76. The lowest BCUT2D eigenvalue weighted by atomic mass is 9.92. The van der Waals surface area contributed by atoms with Gasteiger partial charge in [0.2, 0.25) is 5.91 Å². The first-order chi connectivity index (χ1) is 17.2. The molecule has 10 nitrogen and oxygen atoms in total. The van der Waals surface area contributed by atoms with Crippen LogP contribution in [0.5, 0.6) is 5.75 Å². The predicted octanol–water partition coefficient (Wildman–Crippen LogP) is 3.94. The Morgan fingerprint density at radius 3 is 2.59 bits per heavy atom. The van der Waals surface area contributed by atoms with Crippen LogP contribution in [-0.2, 0) is 26.4 Å². The molecule has 13 heteroatoms. The zero-order valence-electron chi connectivity index (χ0n) is 19.6. The number of hydrogen-bond acceptors (Lipinski definition) is 7. The Kier molecular flexibility index (Phi) is 7.83. The summed E-state index contributed by atoms with van der Waals surface area (Å²) in [5.41, 5.74) is 0.237. The Balaban J connectivity index is 0.00000320. The minimum Gasteiger partial charge on any atom is -0.435 e. The first kappa shape index (κ1) is 27.0. The van der Waals surface area contributed by atoms with Crippen LogP contribution in [0.1, 0.15) is 45.6 Å². The molecule has 3 heterocycles. The van der Waals surface area contributed by atoms with Crippen molar-refractivity contribution in [3.63, 3.8) is 0 Å². The van der Waals surface area contributed by atoms with Gasteiger partial charge >= 0.3 is 6.61 Å². The SMILES string of the molecule is C.Cn1ccc(NC(=O)C(CC2CCOCC2)n2ncc3c(S(=O)(=O)C4CC4)cc(OC(F)F)cc32)n1. The van der Waals surface area contributed by atoms with Crippen molar-refractivity contribution in [3.05, 3.63) is 30.6 Å². The largest absolute Gasteiger partial charge is 0.435 e. The number of aromatic nitrogens is 4. The molecule has 2 aliphatic rings. The number of nitrogens with zero attached hydrogens (tertiary/aromatic N) is 4. The fourth-order valence-electron chi connectivity index (χ4n) is 4.61. The van der Waals surface area contributed by atoms with Crippen LogP contribution in [0.3, 0.4) is 0 Å². The molecule has 0 bridgehead atoms. The number of carbonyl (C=O) groups is 1. The van der Waals surface area contributed by atoms with Gasteiger partial charge in [-0.3, -0.25) is 14.2 Å². The van der Waals surface area contributed by atoms with E-state index in [1.165, 1.54) is 16.9 Å². The molecule has 1 aliphatic heterocycles. The number of ether oxygens (including phenoxy) is 2. The van der Waals surface area contributed by atoms with Gasteiger partial charge < -0.3 is 14.8 Å². The molecule has 5 rings (SSSR count). The van der Waals surface area contributed by atoms with E-state index >= 15 is 0 Å². The standard InChI is InChI=1S/C23H27F2N5O5S.CH4/c1-29-7-4-21(28-29)27-22(31)19(10-14-5-8-34-9-6-14)30-18-11-15(35-23(24)25)12-20(17(18)13-26-30)36(32,33)16-2-3-16;/h4,7,11-14,16,19,23H,2-3,5-6,8-10H2,1H3,(H,27,28,31);1H4. The normalized spacial score (nSPS) is 17.5. The van der Waals surface area contributed by atoms with E-state index in [-0.39, 0.29) is 34.9 Å². The maximum atomic E-state index is 13.5. The molecule has 3 aromatic rings. The number of carbonyl (C=O) groups excluding carboxylic acids is 1. The predicted molar refractivity (Wildman–Crippen MR) is 132 cm³/mol. The summed E-state index contributed by atoms with van der Waals surface area (Å²) in [6, 6.07) is 3.24. The molecule has 0 spiro atoms. The molecule has 0 radical (unpaired) electrons. The Bertz CT molecular complexity index is 1360. The Hall–Kier alpha value is -3.06. The number of rotatable bonds is 9. The van der Waals surface area contributed by atoms with Crippen LogP contribution >= 0.6 is 0 Å². The van der Waals surface area contributed by atoms with E-state index in [4.69, 9.17) is 4.74 Å². The minimum absolute atomic E-state index is 0. The second-order valence-corrected chi connectivity index (χ2v) is 11.4. The number of amides is 1. The summed E-state index contributed by atoms with van der Waals surface area (Å²) in [7, 11) is -2.04. The van der Waals surface area contributed by atoms with Gasteiger partial charge in [0.15, 0.2) is 15.7 Å². The van der Waals surface area contributed by atoms with E-state index in [0.717, 1.165) is 18.9 Å². The van der Waals surface area contributed by atoms with Crippen molar-refractivity contribution in [2.24, 2.45) is 13.0 Å². The topological polar surface area (TPSA) is 117 Å². The van der Waals surface area contributed by atoms with Crippen molar-refractivity contribution in [2.45, 2.75) is 62.3 Å². The van der Waals surface area contributed by atoms with Gasteiger partial charge in [-0.25, -0.2) is 8.42 Å². The monoisotopic (exact) mass is 539 g/mol. The number of aryl methyl sites for hydroxylation is 1. The number of fused-ring (bicyclic) bond motifs is 1. The number of halogens is 2. The van der Waals surface area contributed by atoms with E-state index < -0.39 is 33.6 Å². The Labute approximate surface area is 213 Å². The number of sulfone groups is 1. The first-order valence-electron chi connectivity index (χ1n) is 11.8. The van der Waals surface area contributed by atoms with Gasteiger partial charge in [0.25, 0.3) is 0 Å². The molecular formula is C24H31F2N5O5S. The van der Waals surface area contributed by atoms with Crippen molar-refractivity contribution >= 4 is 32.5 Å². The third-order valence-electron chi connectivity index (χ3n) is 6.61. The molecule has 202 valence electrons. The third-order valence-corrected chi connectivity index (χ3v) is 8.91. The summed E-state index contributed by atoms with van der Waals surface area (Å²) in [4.78, 5) is 13.4. The molecule has 1 saturated carbocycles. The van der Waals surface area contributed by atoms with E-state index in [1.54, 1.807) is 24.0 Å². The lowest BCUT2D eigenvalue weighted by Crippen LogP contribution is -2.30. The van der Waals surface area contributed by atoms with Gasteiger partial charge in [-0.2, -0.15) is 19.0 Å². The molecule has 1 atom stereocenters. The Morgan fingerprint density at radius 1 is 1.24 bits per heavy atom. The fourth-order valence-corrected chi connectivity index (χ4v) is 6.47. The van der Waals surface area contributed by atoms with Gasteiger partial charge in [0.05, 0.1) is 21.9 Å². The van der Waals surface area contributed by atoms with Crippen LogP contribution in [0.25, 0.3) is 10.9 Å². The quantitative estimate of drug-likeness (QED) is 0.438.